The minimum atomic E-state index is -4.18. The molecule has 1 aliphatic heterocycles. The highest BCUT2D eigenvalue weighted by atomic mass is 32.2. The van der Waals surface area contributed by atoms with Crippen molar-refractivity contribution in [3.05, 3.63) is 70.3 Å². The monoisotopic (exact) mass is 498 g/mol. The van der Waals surface area contributed by atoms with Crippen LogP contribution in [0.5, 0.6) is 0 Å². The predicted molar refractivity (Wildman–Crippen MR) is 137 cm³/mol. The van der Waals surface area contributed by atoms with E-state index in [0.29, 0.717) is 5.56 Å². The largest absolute Gasteiger partial charge is 0.480 e. The molecule has 0 aromatic heterocycles. The molecule has 7 nitrogen and oxygen atoms in total. The van der Waals surface area contributed by atoms with Crippen molar-refractivity contribution in [1.82, 2.24) is 4.31 Å². The fraction of sp³-hybridized carbons (Fsp3) is 0.444. The lowest BCUT2D eigenvalue weighted by molar-refractivity contribution is -0.139. The number of carboxylic acids is 1. The van der Waals surface area contributed by atoms with Crippen LogP contribution in [0.3, 0.4) is 0 Å². The van der Waals surface area contributed by atoms with Crippen molar-refractivity contribution in [2.75, 3.05) is 0 Å². The zero-order chi connectivity index (χ0) is 26.5. The fourth-order valence-electron chi connectivity index (χ4n) is 5.34. The number of aliphatic carboxylic acids is 1. The van der Waals surface area contributed by atoms with Gasteiger partial charge in [0.05, 0.1) is 5.54 Å². The van der Waals surface area contributed by atoms with Gasteiger partial charge in [-0.1, -0.05) is 61.9 Å². The van der Waals surface area contributed by atoms with Crippen LogP contribution < -0.4 is 0 Å². The number of nitrogens with zero attached hydrogens (tertiary/aromatic N) is 2. The summed E-state index contributed by atoms with van der Waals surface area (Å²) in [6, 6.07) is 10.9. The van der Waals surface area contributed by atoms with Gasteiger partial charge in [0.1, 0.15) is 5.71 Å². The Balaban J connectivity index is 2.30. The van der Waals surface area contributed by atoms with Gasteiger partial charge in [-0.3, -0.25) is 9.79 Å². The van der Waals surface area contributed by atoms with E-state index in [2.05, 4.69) is 4.99 Å². The summed E-state index contributed by atoms with van der Waals surface area (Å²) in [5.74, 6) is -2.01. The molecule has 2 unspecified atom stereocenters. The lowest BCUT2D eigenvalue weighted by Gasteiger charge is -2.33. The molecule has 0 radical (unpaired) electrons. The van der Waals surface area contributed by atoms with E-state index in [1.54, 1.807) is 65.0 Å². The molecule has 1 fully saturated rings. The van der Waals surface area contributed by atoms with Crippen LogP contribution in [0, 0.1) is 20.8 Å². The Morgan fingerprint density at radius 1 is 1.00 bits per heavy atom. The molecule has 1 heterocycles. The minimum Gasteiger partial charge on any atom is -0.480 e. The molecule has 0 saturated carbocycles. The standard InChI is InChI=1S/C27H34N2O5S/c1-16-14-17(2)20(18(3)15-16)27(7,8)23(25(31)32)28-21-22(19-12-10-9-11-13-19)35(33,34)29(24(21)30)26(4,5)6/h9-15,22-23H,1-8H3,(H,31,32). The Hall–Kier alpha value is -3.00. The van der Waals surface area contributed by atoms with Gasteiger partial charge < -0.3 is 5.11 Å². The van der Waals surface area contributed by atoms with E-state index < -0.39 is 44.1 Å². The number of carboxylic acid groups (broad SMARTS) is 1. The van der Waals surface area contributed by atoms with Gasteiger partial charge in [0, 0.05) is 5.41 Å². The smallest absolute Gasteiger partial charge is 0.329 e. The number of rotatable bonds is 5. The zero-order valence-electron chi connectivity index (χ0n) is 21.6. The molecule has 3 rings (SSSR count). The van der Waals surface area contributed by atoms with Gasteiger partial charge in [0.25, 0.3) is 15.9 Å². The number of carbonyl (C=O) groups excluding carboxylic acids is 1. The summed E-state index contributed by atoms with van der Waals surface area (Å²) >= 11 is 0. The van der Waals surface area contributed by atoms with E-state index in [-0.39, 0.29) is 5.71 Å². The summed E-state index contributed by atoms with van der Waals surface area (Å²) in [5.41, 5.74) is 1.74. The lowest BCUT2D eigenvalue weighted by atomic mass is 9.73. The number of aliphatic imine (C=N–C) groups is 1. The first-order valence-electron chi connectivity index (χ1n) is 11.5. The molecule has 1 saturated heterocycles. The number of amides is 1. The fourth-order valence-corrected chi connectivity index (χ4v) is 7.59. The summed E-state index contributed by atoms with van der Waals surface area (Å²) in [6.45, 7) is 14.2. The molecule has 2 aromatic carbocycles. The predicted octanol–water partition coefficient (Wildman–Crippen LogP) is 4.50. The van der Waals surface area contributed by atoms with Crippen molar-refractivity contribution in [2.45, 2.75) is 77.6 Å². The highest BCUT2D eigenvalue weighted by molar-refractivity contribution is 7.91. The number of carbonyl (C=O) groups is 2. The Labute approximate surface area is 207 Å². The van der Waals surface area contributed by atoms with Crippen LogP contribution in [-0.4, -0.2) is 47.0 Å². The van der Waals surface area contributed by atoms with E-state index in [1.165, 1.54) is 0 Å². The van der Waals surface area contributed by atoms with Crippen molar-refractivity contribution in [1.29, 1.82) is 0 Å². The van der Waals surface area contributed by atoms with Gasteiger partial charge in [-0.15, -0.1) is 0 Å². The lowest BCUT2D eigenvalue weighted by Crippen LogP contribution is -2.46. The third-order valence-electron chi connectivity index (χ3n) is 6.42. The topological polar surface area (TPSA) is 104 Å². The molecule has 35 heavy (non-hydrogen) atoms. The second kappa shape index (κ2) is 8.90. The van der Waals surface area contributed by atoms with Gasteiger partial charge >= 0.3 is 5.97 Å². The van der Waals surface area contributed by atoms with Crippen molar-refractivity contribution >= 4 is 27.6 Å². The molecule has 1 amide bonds. The number of hydrogen-bond donors (Lipinski definition) is 1. The number of benzene rings is 2. The molecule has 1 aliphatic rings. The molecule has 8 heteroatoms. The van der Waals surface area contributed by atoms with E-state index >= 15 is 0 Å². The highest BCUT2D eigenvalue weighted by Crippen LogP contribution is 2.41. The Morgan fingerprint density at radius 3 is 1.97 bits per heavy atom. The van der Waals surface area contributed by atoms with Gasteiger partial charge in [-0.25, -0.2) is 17.5 Å². The van der Waals surface area contributed by atoms with E-state index in [0.717, 1.165) is 26.6 Å². The number of aryl methyl sites for hydroxylation is 3. The molecular weight excluding hydrogens is 464 g/mol. The zero-order valence-corrected chi connectivity index (χ0v) is 22.4. The first kappa shape index (κ1) is 26.6. The van der Waals surface area contributed by atoms with Gasteiger partial charge in [-0.2, -0.15) is 0 Å². The Morgan fingerprint density at radius 2 is 1.51 bits per heavy atom. The molecule has 0 aliphatic carbocycles. The Kier molecular flexibility index (Phi) is 6.76. The van der Waals surface area contributed by atoms with Crippen LogP contribution in [0.2, 0.25) is 0 Å². The summed E-state index contributed by atoms with van der Waals surface area (Å²) in [4.78, 5) is 30.7. The quantitative estimate of drug-likeness (QED) is 0.654. The molecule has 2 aromatic rings. The second-order valence-electron chi connectivity index (χ2n) is 10.8. The van der Waals surface area contributed by atoms with Crippen molar-refractivity contribution < 1.29 is 23.1 Å². The maximum Gasteiger partial charge on any atom is 0.329 e. The highest BCUT2D eigenvalue weighted by Gasteiger charge is 2.55. The van der Waals surface area contributed by atoms with Crippen LogP contribution in [0.25, 0.3) is 0 Å². The van der Waals surface area contributed by atoms with Crippen LogP contribution in [0.15, 0.2) is 47.5 Å². The normalized spacial score (nSPS) is 20.3. The average Bonchev–Trinajstić information content (AvgIpc) is 2.89. The summed E-state index contributed by atoms with van der Waals surface area (Å²) in [7, 11) is -4.18. The second-order valence-corrected chi connectivity index (χ2v) is 12.7. The molecular formula is C27H34N2O5S. The van der Waals surface area contributed by atoms with Gasteiger partial charge in [0.15, 0.2) is 11.3 Å². The maximum atomic E-state index is 13.7. The molecule has 1 N–H and O–H groups in total. The van der Waals surface area contributed by atoms with Crippen LogP contribution in [0.1, 0.15) is 67.7 Å². The summed E-state index contributed by atoms with van der Waals surface area (Å²) < 4.78 is 28.1. The number of sulfonamides is 1. The maximum absolute atomic E-state index is 13.7. The van der Waals surface area contributed by atoms with Gasteiger partial charge in [-0.05, 0) is 63.8 Å². The summed E-state index contributed by atoms with van der Waals surface area (Å²) in [6.07, 6.45) is 0. The molecule has 0 bridgehead atoms. The van der Waals surface area contributed by atoms with Crippen molar-refractivity contribution in [3.8, 4) is 0 Å². The van der Waals surface area contributed by atoms with Crippen LogP contribution in [-0.2, 0) is 25.0 Å². The first-order chi connectivity index (χ1) is 16.0. The van der Waals surface area contributed by atoms with Crippen LogP contribution >= 0.6 is 0 Å². The minimum absolute atomic E-state index is 0.269. The third kappa shape index (κ3) is 4.63. The molecule has 0 spiro atoms. The van der Waals surface area contributed by atoms with Crippen molar-refractivity contribution in [2.24, 2.45) is 4.99 Å². The van der Waals surface area contributed by atoms with Crippen LogP contribution in [0.4, 0.5) is 0 Å². The van der Waals surface area contributed by atoms with Gasteiger partial charge in [0.2, 0.25) is 0 Å². The average molecular weight is 499 g/mol. The first-order valence-corrected chi connectivity index (χ1v) is 13.0. The Bertz CT molecular complexity index is 1280. The third-order valence-corrected chi connectivity index (χ3v) is 8.74. The SMILES string of the molecule is Cc1cc(C)c(C(C)(C)C(N=C2C(=O)N(C(C)(C)C)S(=O)(=O)C2c2ccccc2)C(=O)O)c(C)c1. The van der Waals surface area contributed by atoms with E-state index in [1.807, 2.05) is 32.9 Å². The van der Waals surface area contributed by atoms with Crippen molar-refractivity contribution in [3.63, 3.8) is 0 Å². The molecule has 188 valence electrons. The van der Waals surface area contributed by atoms with E-state index in [9.17, 15) is 23.1 Å². The van der Waals surface area contributed by atoms with E-state index in [4.69, 9.17) is 0 Å². The number of hydrogen-bond acceptors (Lipinski definition) is 5. The molecule has 2 atom stereocenters. The summed E-state index contributed by atoms with van der Waals surface area (Å²) in [5, 5.41) is 8.90.